The second-order valence-corrected chi connectivity index (χ2v) is 12.5. The highest BCUT2D eigenvalue weighted by Gasteiger charge is 2.56. The van der Waals surface area contributed by atoms with Crippen LogP contribution in [0.2, 0.25) is 0 Å². The fourth-order valence-electron chi connectivity index (χ4n) is 5.28. The first-order valence-electron chi connectivity index (χ1n) is 12.5. The van der Waals surface area contributed by atoms with E-state index in [1.54, 1.807) is 48.4 Å². The number of thiazole rings is 1. The summed E-state index contributed by atoms with van der Waals surface area (Å²) in [6, 6.07) is 12.1. The molecule has 2 fully saturated rings. The Morgan fingerprint density at radius 1 is 1.10 bits per heavy atom. The summed E-state index contributed by atoms with van der Waals surface area (Å²) < 4.78 is 17.4. The molecule has 0 radical (unpaired) electrons. The van der Waals surface area contributed by atoms with Crippen molar-refractivity contribution in [2.24, 2.45) is 5.92 Å². The second-order valence-electron chi connectivity index (χ2n) is 9.42. The number of nitrogens with one attached hydrogen (secondary N) is 1. The summed E-state index contributed by atoms with van der Waals surface area (Å²) >= 11 is 5.75. The van der Waals surface area contributed by atoms with Crippen LogP contribution < -0.4 is 19.2 Å². The van der Waals surface area contributed by atoms with Gasteiger partial charge >= 0.3 is 4.87 Å². The van der Waals surface area contributed by atoms with E-state index in [-0.39, 0.29) is 29.2 Å². The quantitative estimate of drug-likeness (QED) is 0.406. The number of H-pyrrole nitrogens is 1. The van der Waals surface area contributed by atoms with Crippen molar-refractivity contribution in [3.63, 3.8) is 0 Å². The molecule has 6 rings (SSSR count). The minimum absolute atomic E-state index is 0.168. The fourth-order valence-corrected chi connectivity index (χ4v) is 8.16. The summed E-state index contributed by atoms with van der Waals surface area (Å²) in [7, 11) is 1.54. The lowest BCUT2D eigenvalue weighted by atomic mass is 9.82. The molecule has 13 heteroatoms. The van der Waals surface area contributed by atoms with Crippen molar-refractivity contribution in [2.45, 2.75) is 16.2 Å². The summed E-state index contributed by atoms with van der Waals surface area (Å²) in [6.07, 6.45) is 0. The third-order valence-electron chi connectivity index (χ3n) is 7.18. The minimum Gasteiger partial charge on any atom is -0.497 e. The number of amides is 3. The van der Waals surface area contributed by atoms with Crippen LogP contribution in [0.25, 0.3) is 0 Å². The van der Waals surface area contributed by atoms with Gasteiger partial charge in [-0.05, 0) is 42.5 Å². The van der Waals surface area contributed by atoms with Gasteiger partial charge in [0.2, 0.25) is 11.8 Å². The molecule has 0 saturated carbocycles. The third-order valence-corrected chi connectivity index (χ3v) is 10.1. The van der Waals surface area contributed by atoms with Crippen molar-refractivity contribution in [2.75, 3.05) is 44.9 Å². The maximum Gasteiger partial charge on any atom is 0.305 e. The molecule has 3 amide bonds. The number of benzene rings is 2. The van der Waals surface area contributed by atoms with E-state index >= 15 is 0 Å². The number of ether oxygens (including phenoxy) is 3. The molecule has 40 heavy (non-hydrogen) atoms. The number of carbonyl (C=O) groups is 3. The lowest BCUT2D eigenvalue weighted by molar-refractivity contribution is -0.137. The van der Waals surface area contributed by atoms with Gasteiger partial charge in [0.1, 0.15) is 16.7 Å². The number of anilines is 1. The Kier molecular flexibility index (Phi) is 7.46. The number of carbonyl (C=O) groups excluding carboxylic acids is 3. The van der Waals surface area contributed by atoms with Gasteiger partial charge < -0.3 is 24.1 Å². The Morgan fingerprint density at radius 3 is 2.58 bits per heavy atom. The number of morpholine rings is 1. The number of fused-ring (bicyclic) bond motifs is 2. The molecule has 0 aliphatic carbocycles. The Bertz CT molecular complexity index is 1530. The van der Waals surface area contributed by atoms with Gasteiger partial charge in [0.05, 0.1) is 37.0 Å². The maximum atomic E-state index is 14.0. The smallest absolute Gasteiger partial charge is 0.305 e. The van der Waals surface area contributed by atoms with Gasteiger partial charge in [-0.15, -0.1) is 0 Å². The zero-order chi connectivity index (χ0) is 28.0. The number of aromatic amines is 1. The zero-order valence-corrected chi connectivity index (χ0v) is 24.5. The van der Waals surface area contributed by atoms with Gasteiger partial charge in [-0.1, -0.05) is 39.0 Å². The molecule has 10 nitrogen and oxygen atoms in total. The van der Waals surface area contributed by atoms with E-state index in [4.69, 9.17) is 14.2 Å². The van der Waals surface area contributed by atoms with E-state index in [9.17, 15) is 19.2 Å². The van der Waals surface area contributed by atoms with Gasteiger partial charge in [-0.25, -0.2) is 4.90 Å². The van der Waals surface area contributed by atoms with Gasteiger partial charge in [0.25, 0.3) is 5.91 Å². The molecule has 208 valence electrons. The van der Waals surface area contributed by atoms with Crippen LogP contribution in [0.1, 0.15) is 16.4 Å². The highest BCUT2D eigenvalue weighted by Crippen LogP contribution is 2.54. The van der Waals surface area contributed by atoms with Crippen LogP contribution in [-0.2, 0) is 19.1 Å². The molecule has 1 aromatic heterocycles. The molecule has 2 saturated heterocycles. The number of hydrogen-bond donors (Lipinski definition) is 1. The number of halogens is 1. The Hall–Kier alpha value is -3.13. The van der Waals surface area contributed by atoms with Gasteiger partial charge in [-0.2, -0.15) is 0 Å². The highest BCUT2D eigenvalue weighted by atomic mass is 79.9. The van der Waals surface area contributed by atoms with E-state index in [0.29, 0.717) is 59.0 Å². The summed E-state index contributed by atoms with van der Waals surface area (Å²) in [5.41, 5.74) is 1.07. The summed E-state index contributed by atoms with van der Waals surface area (Å²) in [5, 5.41) is -0.187. The van der Waals surface area contributed by atoms with Gasteiger partial charge in [-0.3, -0.25) is 19.2 Å². The first kappa shape index (κ1) is 27.1. The maximum absolute atomic E-state index is 14.0. The molecule has 3 aromatic rings. The first-order valence-corrected chi connectivity index (χ1v) is 15.0. The van der Waals surface area contributed by atoms with Crippen LogP contribution in [0, 0.1) is 5.92 Å². The van der Waals surface area contributed by atoms with Crippen molar-refractivity contribution in [3.8, 4) is 11.5 Å². The molecule has 1 N–H and O–H groups in total. The Morgan fingerprint density at radius 2 is 1.85 bits per heavy atom. The summed E-state index contributed by atoms with van der Waals surface area (Å²) in [4.78, 5) is 59.2. The van der Waals surface area contributed by atoms with E-state index in [1.807, 2.05) is 6.07 Å². The van der Waals surface area contributed by atoms with Crippen LogP contribution in [0.5, 0.6) is 11.5 Å². The Labute approximate surface area is 245 Å². The zero-order valence-electron chi connectivity index (χ0n) is 21.3. The second kappa shape index (κ2) is 11.0. The normalized spacial score (nSPS) is 22.2. The van der Waals surface area contributed by atoms with Crippen molar-refractivity contribution in [3.05, 3.63) is 67.0 Å². The number of rotatable bonds is 6. The number of nitrogens with zero attached hydrogens (tertiary/aromatic N) is 2. The summed E-state index contributed by atoms with van der Waals surface area (Å²) in [6.45, 7) is 1.77. The molecular formula is C27H24BrN3O7S2. The first-order chi connectivity index (χ1) is 19.4. The van der Waals surface area contributed by atoms with Gasteiger partial charge in [0.15, 0.2) is 6.61 Å². The topological polar surface area (TPSA) is 118 Å². The van der Waals surface area contributed by atoms with Gasteiger partial charge in [0, 0.05) is 33.9 Å². The van der Waals surface area contributed by atoms with Crippen molar-refractivity contribution < 1.29 is 28.6 Å². The molecule has 3 atom stereocenters. The number of thioether (sulfide) groups is 1. The predicted molar refractivity (Wildman–Crippen MR) is 152 cm³/mol. The highest BCUT2D eigenvalue weighted by molar-refractivity contribution is 9.10. The molecule has 0 spiro atoms. The molecule has 2 unspecified atom stereocenters. The SMILES string of the molecule is COc1ccc(N2C(=O)C3Sc4[nH]c(=O)sc4[C@H](c4cc(Br)ccc4OCC(=O)N4CCOCC4)C3C2=O)cc1. The Balaban J connectivity index is 1.38. The molecule has 4 heterocycles. The molecule has 3 aliphatic heterocycles. The van der Waals surface area contributed by atoms with Crippen molar-refractivity contribution >= 4 is 62.4 Å². The van der Waals surface area contributed by atoms with Crippen LogP contribution in [0.15, 0.2) is 56.8 Å². The standard InChI is InChI=1S/C27H24BrN3O7S2/c1-36-16-5-3-15(4-6-16)31-25(33)21-20(22-24(29-27(35)40-22)39-23(21)26(31)34)17-12-14(28)2-7-18(17)38-13-19(32)30-8-10-37-11-9-30/h2-7,12,20-21,23H,8-11,13H2,1H3,(H,29,35)/t20-,21?,23?/m1/s1. The van der Waals surface area contributed by atoms with Crippen LogP contribution in [-0.4, -0.2) is 72.9 Å². The lowest BCUT2D eigenvalue weighted by Gasteiger charge is -2.31. The summed E-state index contributed by atoms with van der Waals surface area (Å²) in [5.74, 6) is -1.29. The fraction of sp³-hybridized carbons (Fsp3) is 0.333. The molecular weight excluding hydrogens is 622 g/mol. The molecule has 3 aliphatic rings. The average molecular weight is 647 g/mol. The van der Waals surface area contributed by atoms with Crippen molar-refractivity contribution in [1.82, 2.24) is 9.88 Å². The third kappa shape index (κ3) is 4.84. The number of imide groups is 1. The van der Waals surface area contributed by atoms with E-state index in [2.05, 4.69) is 20.9 Å². The molecule has 0 bridgehead atoms. The van der Waals surface area contributed by atoms with E-state index in [1.165, 1.54) is 16.7 Å². The molecule has 2 aromatic carbocycles. The predicted octanol–water partition coefficient (Wildman–Crippen LogP) is 3.24. The van der Waals surface area contributed by atoms with Crippen LogP contribution in [0.3, 0.4) is 0 Å². The van der Waals surface area contributed by atoms with Crippen molar-refractivity contribution in [1.29, 1.82) is 0 Å². The average Bonchev–Trinajstić information content (AvgIpc) is 3.46. The number of methoxy groups -OCH3 is 1. The lowest BCUT2D eigenvalue weighted by Crippen LogP contribution is -2.43. The largest absolute Gasteiger partial charge is 0.497 e. The van der Waals surface area contributed by atoms with E-state index < -0.39 is 17.1 Å². The van der Waals surface area contributed by atoms with Crippen LogP contribution in [0.4, 0.5) is 5.69 Å². The van der Waals surface area contributed by atoms with Crippen LogP contribution >= 0.6 is 39.0 Å². The monoisotopic (exact) mass is 645 g/mol. The number of aromatic nitrogens is 1. The van der Waals surface area contributed by atoms with E-state index in [0.717, 1.165) is 15.8 Å². The number of hydrogen-bond acceptors (Lipinski definition) is 9. The minimum atomic E-state index is -0.787.